The summed E-state index contributed by atoms with van der Waals surface area (Å²) in [5, 5.41) is 30.3. The van der Waals surface area contributed by atoms with Gasteiger partial charge in [-0.2, -0.15) is 0 Å². The largest absolute Gasteiger partial charge is 0.508 e. The molecule has 4 atom stereocenters. The van der Waals surface area contributed by atoms with Crippen molar-refractivity contribution in [1.82, 2.24) is 0 Å². The van der Waals surface area contributed by atoms with E-state index >= 15 is 0 Å². The zero-order valence-electron chi connectivity index (χ0n) is 21.5. The second kappa shape index (κ2) is 10.7. The van der Waals surface area contributed by atoms with Crippen LogP contribution in [0.4, 0.5) is 0 Å². The quantitative estimate of drug-likeness (QED) is 0.198. The van der Waals surface area contributed by atoms with Crippen molar-refractivity contribution in [1.29, 1.82) is 0 Å². The average Bonchev–Trinajstić information content (AvgIpc) is 2.97. The first-order valence-corrected chi connectivity index (χ1v) is 12.9. The van der Waals surface area contributed by atoms with Crippen LogP contribution in [0.3, 0.4) is 0 Å². The van der Waals surface area contributed by atoms with E-state index in [0.29, 0.717) is 12.8 Å². The number of carbonyl (C=O) groups is 2. The number of benzene rings is 4. The molecule has 0 aromatic heterocycles. The second-order valence-corrected chi connectivity index (χ2v) is 10.1. The molecule has 0 radical (unpaired) electrons. The summed E-state index contributed by atoms with van der Waals surface area (Å²) >= 11 is 0. The molecule has 0 aliphatic heterocycles. The maximum Gasteiger partial charge on any atom is 0.324 e. The molecule has 5 rings (SSSR count). The summed E-state index contributed by atoms with van der Waals surface area (Å²) < 4.78 is 5.24. The van der Waals surface area contributed by atoms with Crippen LogP contribution in [0, 0.1) is 5.41 Å². The molecule has 0 heterocycles. The van der Waals surface area contributed by atoms with Crippen molar-refractivity contribution in [2.45, 2.75) is 30.6 Å². The normalized spacial score (nSPS) is 22.6. The Morgan fingerprint density at radius 1 is 0.667 bits per heavy atom. The van der Waals surface area contributed by atoms with E-state index in [2.05, 4.69) is 0 Å². The number of hydrogen-bond donors (Lipinski definition) is 3. The zero-order chi connectivity index (χ0) is 27.6. The average molecular weight is 523 g/mol. The van der Waals surface area contributed by atoms with Gasteiger partial charge in [0.2, 0.25) is 0 Å². The van der Waals surface area contributed by atoms with Crippen LogP contribution in [0.1, 0.15) is 47.3 Å². The van der Waals surface area contributed by atoms with Gasteiger partial charge < -0.3 is 20.1 Å². The van der Waals surface area contributed by atoms with E-state index in [1.807, 2.05) is 78.9 Å². The first-order valence-electron chi connectivity index (χ1n) is 12.9. The highest BCUT2D eigenvalue weighted by atomic mass is 16.5. The van der Waals surface area contributed by atoms with Crippen molar-refractivity contribution in [2.24, 2.45) is 5.41 Å². The summed E-state index contributed by atoms with van der Waals surface area (Å²) in [6.45, 7) is 0. The maximum absolute atomic E-state index is 13.6. The molecule has 1 fully saturated rings. The highest BCUT2D eigenvalue weighted by molar-refractivity contribution is 6.02. The third-order valence-electron chi connectivity index (χ3n) is 8.10. The summed E-state index contributed by atoms with van der Waals surface area (Å²) in [4.78, 5) is 26.9. The molecular formula is C33H30O6. The van der Waals surface area contributed by atoms with Crippen LogP contribution in [0.5, 0.6) is 11.5 Å². The van der Waals surface area contributed by atoms with Crippen molar-refractivity contribution in [3.8, 4) is 22.6 Å². The molecule has 3 N–H and O–H groups in total. The fourth-order valence-electron chi connectivity index (χ4n) is 6.18. The standard InChI is InChI=1S/C33H30O6/c1-39-32(38)33(31(36)37)29(24-5-3-2-4-6-24)19-26(23-13-17-28(35)18-14-23)20-30(33)25-9-7-21(8-10-25)22-11-15-27(34)16-12-22/h2-18,26,29-30,34-35H,19-20H2,1H3,(H,36,37). The van der Waals surface area contributed by atoms with Gasteiger partial charge in [-0.3, -0.25) is 9.59 Å². The van der Waals surface area contributed by atoms with E-state index in [0.717, 1.165) is 27.8 Å². The van der Waals surface area contributed by atoms with Crippen molar-refractivity contribution in [2.75, 3.05) is 7.11 Å². The number of carbonyl (C=O) groups excluding carboxylic acids is 1. The van der Waals surface area contributed by atoms with Gasteiger partial charge >= 0.3 is 11.9 Å². The number of methoxy groups -OCH3 is 1. The van der Waals surface area contributed by atoms with E-state index in [9.17, 15) is 24.9 Å². The number of esters is 1. The number of rotatable bonds is 6. The Hall–Kier alpha value is -4.58. The van der Waals surface area contributed by atoms with Crippen LogP contribution < -0.4 is 0 Å². The minimum absolute atomic E-state index is 0.0605. The van der Waals surface area contributed by atoms with Gasteiger partial charge in [0, 0.05) is 11.8 Å². The number of carboxylic acids is 1. The number of phenolic OH excluding ortho intramolecular Hbond substituents is 2. The number of ether oxygens (including phenoxy) is 1. The van der Waals surface area contributed by atoms with E-state index in [1.54, 1.807) is 24.3 Å². The summed E-state index contributed by atoms with van der Waals surface area (Å²) in [6.07, 6.45) is 0.840. The van der Waals surface area contributed by atoms with E-state index in [4.69, 9.17) is 4.74 Å². The van der Waals surface area contributed by atoms with Crippen molar-refractivity contribution in [3.05, 3.63) is 120 Å². The Balaban J connectivity index is 1.67. The highest BCUT2D eigenvalue weighted by Crippen LogP contribution is 2.59. The zero-order valence-corrected chi connectivity index (χ0v) is 21.5. The van der Waals surface area contributed by atoms with E-state index in [-0.39, 0.29) is 17.4 Å². The lowest BCUT2D eigenvalue weighted by Gasteiger charge is -2.47. The third-order valence-corrected chi connectivity index (χ3v) is 8.10. The molecule has 6 nitrogen and oxygen atoms in total. The highest BCUT2D eigenvalue weighted by Gasteiger charge is 2.62. The number of phenols is 2. The van der Waals surface area contributed by atoms with Crippen LogP contribution in [0.15, 0.2) is 103 Å². The van der Waals surface area contributed by atoms with Gasteiger partial charge in [-0.05, 0) is 70.8 Å². The molecule has 198 valence electrons. The predicted molar refractivity (Wildman–Crippen MR) is 148 cm³/mol. The molecule has 6 heteroatoms. The first kappa shape index (κ1) is 26.0. The number of aliphatic carboxylic acids is 1. The van der Waals surface area contributed by atoms with Crippen molar-refractivity contribution in [3.63, 3.8) is 0 Å². The van der Waals surface area contributed by atoms with Crippen molar-refractivity contribution < 1.29 is 29.6 Å². The molecule has 0 saturated heterocycles. The van der Waals surface area contributed by atoms with Gasteiger partial charge in [0.15, 0.2) is 5.41 Å². The van der Waals surface area contributed by atoms with Gasteiger partial charge in [-0.15, -0.1) is 0 Å². The fourth-order valence-corrected chi connectivity index (χ4v) is 6.18. The van der Waals surface area contributed by atoms with Gasteiger partial charge in [0.1, 0.15) is 11.5 Å². The predicted octanol–water partition coefficient (Wildman–Crippen LogP) is 6.45. The Labute approximate surface area is 227 Å². The lowest BCUT2D eigenvalue weighted by molar-refractivity contribution is -0.173. The van der Waals surface area contributed by atoms with Crippen molar-refractivity contribution >= 4 is 11.9 Å². The van der Waals surface area contributed by atoms with Gasteiger partial charge in [0.25, 0.3) is 0 Å². The molecule has 4 unspecified atom stereocenters. The summed E-state index contributed by atoms with van der Waals surface area (Å²) in [5.41, 5.74) is 2.44. The van der Waals surface area contributed by atoms with Crippen LogP contribution >= 0.6 is 0 Å². The van der Waals surface area contributed by atoms with Gasteiger partial charge in [-0.25, -0.2) is 0 Å². The lowest BCUT2D eigenvalue weighted by Crippen LogP contribution is -2.53. The third kappa shape index (κ3) is 4.74. The lowest BCUT2D eigenvalue weighted by atomic mass is 9.53. The number of hydrogen-bond acceptors (Lipinski definition) is 5. The Morgan fingerprint density at radius 2 is 1.10 bits per heavy atom. The van der Waals surface area contributed by atoms with Crippen LogP contribution in [0.25, 0.3) is 11.1 Å². The summed E-state index contributed by atoms with van der Waals surface area (Å²) in [7, 11) is 1.24. The van der Waals surface area contributed by atoms with E-state index in [1.165, 1.54) is 7.11 Å². The molecule has 4 aromatic rings. The molecule has 4 aromatic carbocycles. The Kier molecular flexibility index (Phi) is 7.11. The first-order chi connectivity index (χ1) is 18.8. The van der Waals surface area contributed by atoms with Crippen LogP contribution in [-0.2, 0) is 14.3 Å². The van der Waals surface area contributed by atoms with Crippen LogP contribution in [0.2, 0.25) is 0 Å². The summed E-state index contributed by atoms with van der Waals surface area (Å²) in [5.74, 6) is -3.04. The SMILES string of the molecule is COC(=O)C1(C(=O)O)C(c2ccccc2)CC(c2ccc(O)cc2)CC1c1ccc(-c2ccc(O)cc2)cc1. The number of aromatic hydroxyl groups is 2. The van der Waals surface area contributed by atoms with Crippen LogP contribution in [-0.4, -0.2) is 34.4 Å². The molecule has 39 heavy (non-hydrogen) atoms. The Morgan fingerprint density at radius 3 is 1.59 bits per heavy atom. The second-order valence-electron chi connectivity index (χ2n) is 10.1. The molecule has 0 amide bonds. The summed E-state index contributed by atoms with van der Waals surface area (Å²) in [6, 6.07) is 30.7. The smallest absolute Gasteiger partial charge is 0.324 e. The fraction of sp³-hybridized carbons (Fsp3) is 0.212. The molecule has 1 saturated carbocycles. The number of carboxylic acid groups (broad SMARTS) is 1. The maximum atomic E-state index is 13.6. The molecule has 1 aliphatic carbocycles. The topological polar surface area (TPSA) is 104 Å². The molecule has 0 spiro atoms. The molecule has 0 bridgehead atoms. The monoisotopic (exact) mass is 522 g/mol. The molecular weight excluding hydrogens is 492 g/mol. The minimum Gasteiger partial charge on any atom is -0.508 e. The Bertz CT molecular complexity index is 1450. The van der Waals surface area contributed by atoms with Gasteiger partial charge in [-0.1, -0.05) is 78.9 Å². The van der Waals surface area contributed by atoms with Gasteiger partial charge in [0.05, 0.1) is 7.11 Å². The van der Waals surface area contributed by atoms with E-state index < -0.39 is 29.2 Å². The molecule has 1 aliphatic rings. The minimum atomic E-state index is -1.84.